The molecule has 3 nitrogen and oxygen atoms in total. The second-order valence-electron chi connectivity index (χ2n) is 4.63. The number of rotatable bonds is 3. The molecule has 0 aliphatic rings. The van der Waals surface area contributed by atoms with Crippen molar-refractivity contribution in [2.75, 3.05) is 0 Å². The van der Waals surface area contributed by atoms with E-state index in [2.05, 4.69) is 4.98 Å². The summed E-state index contributed by atoms with van der Waals surface area (Å²) in [4.78, 5) is 3.43. The Kier molecular flexibility index (Phi) is 4.04. The topological polar surface area (TPSA) is 47.0 Å². The van der Waals surface area contributed by atoms with Crippen molar-refractivity contribution in [2.24, 2.45) is 0 Å². The number of hydrogen-bond donors (Lipinski definition) is 0. The summed E-state index contributed by atoms with van der Waals surface area (Å²) in [7, 11) is -3.77. The van der Waals surface area contributed by atoms with Gasteiger partial charge in [-0.15, -0.1) is 0 Å². The van der Waals surface area contributed by atoms with Crippen molar-refractivity contribution in [3.8, 4) is 0 Å². The average Bonchev–Trinajstić information content (AvgIpc) is 2.37. The monoisotopic (exact) mass is 315 g/mol. The van der Waals surface area contributed by atoms with Crippen LogP contribution in [0, 0.1) is 6.92 Å². The lowest BCUT2D eigenvalue weighted by Gasteiger charge is -2.08. The molecule has 0 saturated carbocycles. The van der Waals surface area contributed by atoms with Gasteiger partial charge in [-0.3, -0.25) is 0 Å². The van der Waals surface area contributed by atoms with E-state index in [0.717, 1.165) is 17.7 Å². The SMILES string of the molecule is Cc1cccc(CS(=O)(=O)c2ccc(C(F)(F)F)cn2)c1. The van der Waals surface area contributed by atoms with Crippen LogP contribution < -0.4 is 0 Å². The standard InChI is InChI=1S/C14H12F3NO2S/c1-10-3-2-4-11(7-10)9-21(19,20)13-6-5-12(8-18-13)14(15,16)17/h2-8H,9H2,1H3. The molecule has 0 saturated heterocycles. The van der Waals surface area contributed by atoms with E-state index in [1.165, 1.54) is 0 Å². The second kappa shape index (κ2) is 5.48. The van der Waals surface area contributed by atoms with Gasteiger partial charge in [0.1, 0.15) is 0 Å². The van der Waals surface area contributed by atoms with Gasteiger partial charge in [0, 0.05) is 6.20 Å². The van der Waals surface area contributed by atoms with E-state index in [4.69, 9.17) is 0 Å². The molecule has 0 radical (unpaired) electrons. The molecule has 1 heterocycles. The number of halogens is 3. The van der Waals surface area contributed by atoms with E-state index in [1.807, 2.05) is 13.0 Å². The molecule has 0 aliphatic carbocycles. The molecule has 112 valence electrons. The fourth-order valence-electron chi connectivity index (χ4n) is 1.83. The van der Waals surface area contributed by atoms with Gasteiger partial charge in [0.15, 0.2) is 14.9 Å². The lowest BCUT2D eigenvalue weighted by atomic mass is 10.2. The highest BCUT2D eigenvalue weighted by Gasteiger charge is 2.31. The van der Waals surface area contributed by atoms with Crippen molar-refractivity contribution >= 4 is 9.84 Å². The van der Waals surface area contributed by atoms with Gasteiger partial charge in [-0.25, -0.2) is 13.4 Å². The Hall–Kier alpha value is -1.89. The number of benzene rings is 1. The fourth-order valence-corrected chi connectivity index (χ4v) is 3.08. The van der Waals surface area contributed by atoms with Crippen LogP contribution in [0.15, 0.2) is 47.6 Å². The maximum absolute atomic E-state index is 12.4. The van der Waals surface area contributed by atoms with Crippen LogP contribution in [0.1, 0.15) is 16.7 Å². The molecule has 2 rings (SSSR count). The van der Waals surface area contributed by atoms with E-state index >= 15 is 0 Å². The van der Waals surface area contributed by atoms with Crippen molar-refractivity contribution in [3.05, 3.63) is 59.3 Å². The fraction of sp³-hybridized carbons (Fsp3) is 0.214. The van der Waals surface area contributed by atoms with Crippen LogP contribution in [-0.4, -0.2) is 13.4 Å². The third-order valence-electron chi connectivity index (χ3n) is 2.82. The lowest BCUT2D eigenvalue weighted by molar-refractivity contribution is -0.137. The van der Waals surface area contributed by atoms with E-state index in [0.29, 0.717) is 11.8 Å². The maximum Gasteiger partial charge on any atom is 0.417 e. The number of aromatic nitrogens is 1. The Morgan fingerprint density at radius 1 is 1.14 bits per heavy atom. The highest BCUT2D eigenvalue weighted by molar-refractivity contribution is 7.90. The van der Waals surface area contributed by atoms with Gasteiger partial charge in [0.25, 0.3) is 0 Å². The third kappa shape index (κ3) is 3.81. The predicted molar refractivity (Wildman–Crippen MR) is 71.3 cm³/mol. The Balaban J connectivity index is 2.28. The number of nitrogens with zero attached hydrogens (tertiary/aromatic N) is 1. The van der Waals surface area contributed by atoms with Gasteiger partial charge in [0.2, 0.25) is 0 Å². The van der Waals surface area contributed by atoms with Crippen LogP contribution in [-0.2, 0) is 21.8 Å². The van der Waals surface area contributed by atoms with E-state index in [1.54, 1.807) is 18.2 Å². The first-order chi connectivity index (χ1) is 9.68. The molecule has 21 heavy (non-hydrogen) atoms. The zero-order valence-electron chi connectivity index (χ0n) is 11.1. The third-order valence-corrected chi connectivity index (χ3v) is 4.41. The number of aryl methyl sites for hydroxylation is 1. The van der Waals surface area contributed by atoms with Gasteiger partial charge in [-0.2, -0.15) is 13.2 Å². The minimum atomic E-state index is -4.54. The van der Waals surface area contributed by atoms with Crippen LogP contribution in [0.4, 0.5) is 13.2 Å². The minimum absolute atomic E-state index is 0.299. The largest absolute Gasteiger partial charge is 0.417 e. The summed E-state index contributed by atoms with van der Waals surface area (Å²) in [5.74, 6) is -0.299. The molecule has 0 bridgehead atoms. The van der Waals surface area contributed by atoms with Gasteiger partial charge in [-0.05, 0) is 24.6 Å². The molecular weight excluding hydrogens is 303 g/mol. The molecule has 0 N–H and O–H groups in total. The molecule has 1 aromatic heterocycles. The Labute approximate surface area is 120 Å². The first-order valence-corrected chi connectivity index (χ1v) is 7.65. The van der Waals surface area contributed by atoms with Crippen LogP contribution in [0.2, 0.25) is 0 Å². The number of pyridine rings is 1. The van der Waals surface area contributed by atoms with Crippen LogP contribution in [0.5, 0.6) is 0 Å². The molecule has 1 aromatic carbocycles. The van der Waals surface area contributed by atoms with Crippen molar-refractivity contribution in [1.82, 2.24) is 4.98 Å². The van der Waals surface area contributed by atoms with Gasteiger partial charge >= 0.3 is 6.18 Å². The summed E-state index contributed by atoms with van der Waals surface area (Å²) >= 11 is 0. The summed E-state index contributed by atoms with van der Waals surface area (Å²) in [6, 6.07) is 8.51. The van der Waals surface area contributed by atoms with E-state index < -0.39 is 21.6 Å². The normalized spacial score (nSPS) is 12.4. The minimum Gasteiger partial charge on any atom is -0.244 e. The Bertz CT molecular complexity index is 738. The molecule has 0 unspecified atom stereocenters. The summed E-state index contributed by atoms with van der Waals surface area (Å²) in [6.07, 6.45) is -4.00. The molecule has 0 spiro atoms. The van der Waals surface area contributed by atoms with Crippen molar-refractivity contribution in [2.45, 2.75) is 23.9 Å². The molecule has 2 aromatic rings. The first-order valence-electron chi connectivity index (χ1n) is 6.00. The molecule has 0 fully saturated rings. The van der Waals surface area contributed by atoms with Crippen molar-refractivity contribution < 1.29 is 21.6 Å². The number of alkyl halides is 3. The summed E-state index contributed by atoms with van der Waals surface area (Å²) in [5.41, 5.74) is 0.497. The molecule has 0 atom stereocenters. The maximum atomic E-state index is 12.4. The van der Waals surface area contributed by atoms with Gasteiger partial charge in [0.05, 0.1) is 11.3 Å². The zero-order chi connectivity index (χ0) is 15.7. The van der Waals surface area contributed by atoms with E-state index in [9.17, 15) is 21.6 Å². The molecule has 0 aliphatic heterocycles. The Morgan fingerprint density at radius 2 is 1.86 bits per heavy atom. The summed E-state index contributed by atoms with van der Waals surface area (Å²) in [5, 5.41) is -0.364. The van der Waals surface area contributed by atoms with Crippen molar-refractivity contribution in [3.63, 3.8) is 0 Å². The number of hydrogen-bond acceptors (Lipinski definition) is 3. The Morgan fingerprint density at radius 3 is 2.38 bits per heavy atom. The van der Waals surface area contributed by atoms with E-state index in [-0.39, 0.29) is 10.8 Å². The summed E-state index contributed by atoms with van der Waals surface area (Å²) < 4.78 is 61.5. The van der Waals surface area contributed by atoms with Crippen LogP contribution >= 0.6 is 0 Å². The molecule has 0 amide bonds. The summed E-state index contributed by atoms with van der Waals surface area (Å²) in [6.45, 7) is 1.83. The zero-order valence-corrected chi connectivity index (χ0v) is 11.9. The number of sulfone groups is 1. The van der Waals surface area contributed by atoms with Crippen LogP contribution in [0.3, 0.4) is 0 Å². The van der Waals surface area contributed by atoms with Crippen LogP contribution in [0.25, 0.3) is 0 Å². The predicted octanol–water partition coefficient (Wildman–Crippen LogP) is 3.38. The van der Waals surface area contributed by atoms with Gasteiger partial charge < -0.3 is 0 Å². The quantitative estimate of drug-likeness (QED) is 0.872. The average molecular weight is 315 g/mol. The highest BCUT2D eigenvalue weighted by atomic mass is 32.2. The van der Waals surface area contributed by atoms with Crippen molar-refractivity contribution in [1.29, 1.82) is 0 Å². The highest BCUT2D eigenvalue weighted by Crippen LogP contribution is 2.29. The smallest absolute Gasteiger partial charge is 0.244 e. The van der Waals surface area contributed by atoms with Gasteiger partial charge in [-0.1, -0.05) is 29.8 Å². The lowest BCUT2D eigenvalue weighted by Crippen LogP contribution is -2.10. The molecule has 7 heteroatoms. The molecular formula is C14H12F3NO2S. The second-order valence-corrected chi connectivity index (χ2v) is 6.57. The first kappa shape index (κ1) is 15.5.